The minimum atomic E-state index is 0.114. The highest BCUT2D eigenvalue weighted by molar-refractivity contribution is 9.10. The molecular weight excluding hydrogens is 393 g/mol. The predicted molar refractivity (Wildman–Crippen MR) is 86.2 cm³/mol. The van der Waals surface area contributed by atoms with E-state index in [1.807, 2.05) is 11.0 Å². The number of benzene rings is 1. The van der Waals surface area contributed by atoms with Crippen molar-refractivity contribution in [3.63, 3.8) is 0 Å². The zero-order chi connectivity index (χ0) is 13.8. The average molecular weight is 410 g/mol. The Balaban J connectivity index is 2.18. The van der Waals surface area contributed by atoms with Crippen LogP contribution in [0.25, 0.3) is 0 Å². The molecule has 0 bridgehead atoms. The van der Waals surface area contributed by atoms with E-state index in [0.29, 0.717) is 16.6 Å². The smallest absolute Gasteiger partial charge is 0.254 e. The van der Waals surface area contributed by atoms with Gasteiger partial charge in [-0.1, -0.05) is 27.5 Å². The molecule has 0 spiro atoms. The SMILES string of the molecule is O=C(c1ccc(Cl)c(Br)c1)N1CCCCC1CCBr. The lowest BCUT2D eigenvalue weighted by Crippen LogP contribution is -2.43. The topological polar surface area (TPSA) is 20.3 Å². The zero-order valence-electron chi connectivity index (χ0n) is 10.5. The maximum atomic E-state index is 12.6. The van der Waals surface area contributed by atoms with E-state index < -0.39 is 0 Å². The molecule has 0 N–H and O–H groups in total. The molecule has 0 radical (unpaired) electrons. The van der Waals surface area contributed by atoms with Crippen molar-refractivity contribution >= 4 is 49.4 Å². The van der Waals surface area contributed by atoms with Crippen molar-refractivity contribution in [1.29, 1.82) is 0 Å². The summed E-state index contributed by atoms with van der Waals surface area (Å²) in [5.74, 6) is 0.114. The molecule has 1 unspecified atom stereocenters. The van der Waals surface area contributed by atoms with Crippen LogP contribution in [0.1, 0.15) is 36.0 Å². The van der Waals surface area contributed by atoms with Crippen LogP contribution in [0.2, 0.25) is 5.02 Å². The van der Waals surface area contributed by atoms with Crippen molar-refractivity contribution in [1.82, 2.24) is 4.90 Å². The molecule has 1 aromatic carbocycles. The predicted octanol–water partition coefficient (Wildman–Crippen LogP) is 4.88. The molecule has 1 amide bonds. The number of nitrogens with zero attached hydrogens (tertiary/aromatic N) is 1. The second kappa shape index (κ2) is 7.09. The summed E-state index contributed by atoms with van der Waals surface area (Å²) in [7, 11) is 0. The van der Waals surface area contributed by atoms with E-state index in [1.54, 1.807) is 12.1 Å². The minimum absolute atomic E-state index is 0.114. The maximum Gasteiger partial charge on any atom is 0.254 e. The van der Waals surface area contributed by atoms with Gasteiger partial charge in [0.25, 0.3) is 5.91 Å². The fourth-order valence-corrected chi connectivity index (χ4v) is 3.51. The molecule has 1 aliphatic rings. The number of amides is 1. The van der Waals surface area contributed by atoms with Crippen LogP contribution in [0.3, 0.4) is 0 Å². The molecule has 1 fully saturated rings. The van der Waals surface area contributed by atoms with Crippen molar-refractivity contribution in [3.8, 4) is 0 Å². The number of rotatable bonds is 3. The van der Waals surface area contributed by atoms with Gasteiger partial charge in [-0.2, -0.15) is 0 Å². The minimum Gasteiger partial charge on any atom is -0.336 e. The summed E-state index contributed by atoms with van der Waals surface area (Å²) in [4.78, 5) is 14.6. The van der Waals surface area contributed by atoms with Gasteiger partial charge in [0.2, 0.25) is 0 Å². The van der Waals surface area contributed by atoms with Crippen molar-refractivity contribution < 1.29 is 4.79 Å². The van der Waals surface area contributed by atoms with Gasteiger partial charge >= 0.3 is 0 Å². The Hall–Kier alpha value is -0.0600. The van der Waals surface area contributed by atoms with E-state index in [-0.39, 0.29) is 5.91 Å². The van der Waals surface area contributed by atoms with Gasteiger partial charge in [0.15, 0.2) is 0 Å². The van der Waals surface area contributed by atoms with Gasteiger partial charge < -0.3 is 4.90 Å². The highest BCUT2D eigenvalue weighted by Crippen LogP contribution is 2.26. The van der Waals surface area contributed by atoms with Crippen LogP contribution < -0.4 is 0 Å². The number of carbonyl (C=O) groups is 1. The Morgan fingerprint density at radius 2 is 2.21 bits per heavy atom. The van der Waals surface area contributed by atoms with Gasteiger partial charge in [0.05, 0.1) is 5.02 Å². The quantitative estimate of drug-likeness (QED) is 0.652. The molecule has 1 aliphatic heterocycles. The summed E-state index contributed by atoms with van der Waals surface area (Å²) in [5, 5.41) is 1.57. The number of alkyl halides is 1. The number of piperidine rings is 1. The molecule has 104 valence electrons. The van der Waals surface area contributed by atoms with Crippen LogP contribution in [0, 0.1) is 0 Å². The molecule has 0 aromatic heterocycles. The van der Waals surface area contributed by atoms with Crippen LogP contribution >= 0.6 is 43.5 Å². The highest BCUT2D eigenvalue weighted by Gasteiger charge is 2.27. The molecule has 0 aliphatic carbocycles. The number of likely N-dealkylation sites (tertiary alicyclic amines) is 1. The first-order valence-electron chi connectivity index (χ1n) is 6.45. The van der Waals surface area contributed by atoms with Gasteiger partial charge in [-0.3, -0.25) is 4.79 Å². The van der Waals surface area contributed by atoms with Gasteiger partial charge in [-0.25, -0.2) is 0 Å². The van der Waals surface area contributed by atoms with E-state index in [1.165, 1.54) is 6.42 Å². The van der Waals surface area contributed by atoms with Crippen molar-refractivity contribution in [2.24, 2.45) is 0 Å². The van der Waals surface area contributed by atoms with Crippen molar-refractivity contribution in [2.75, 3.05) is 11.9 Å². The Bertz CT molecular complexity index is 465. The molecule has 2 nitrogen and oxygen atoms in total. The Kier molecular flexibility index (Phi) is 5.72. The molecule has 0 saturated carbocycles. The Morgan fingerprint density at radius 3 is 2.89 bits per heavy atom. The fourth-order valence-electron chi connectivity index (χ4n) is 2.49. The number of hydrogen-bond acceptors (Lipinski definition) is 1. The Labute approximate surface area is 135 Å². The van der Waals surface area contributed by atoms with Crippen LogP contribution in [-0.2, 0) is 0 Å². The standard InChI is InChI=1S/C14H16Br2ClNO/c15-7-6-11-3-1-2-8-18(11)14(19)10-4-5-13(17)12(16)9-10/h4-5,9,11H,1-3,6-8H2. The molecule has 2 rings (SSSR count). The van der Waals surface area contributed by atoms with Gasteiger partial charge in [-0.05, 0) is 59.8 Å². The third-order valence-corrected chi connectivity index (χ3v) is 5.17. The second-order valence-electron chi connectivity index (χ2n) is 4.75. The normalized spacial score (nSPS) is 19.5. The second-order valence-corrected chi connectivity index (χ2v) is 6.81. The number of hydrogen-bond donors (Lipinski definition) is 0. The molecule has 1 atom stereocenters. The fraction of sp³-hybridized carbons (Fsp3) is 0.500. The van der Waals surface area contributed by atoms with E-state index in [9.17, 15) is 4.79 Å². The lowest BCUT2D eigenvalue weighted by atomic mass is 9.99. The van der Waals surface area contributed by atoms with Crippen LogP contribution in [0.5, 0.6) is 0 Å². The monoisotopic (exact) mass is 407 g/mol. The largest absolute Gasteiger partial charge is 0.336 e. The van der Waals surface area contributed by atoms with Crippen LogP contribution in [0.4, 0.5) is 0 Å². The third-order valence-electron chi connectivity index (χ3n) is 3.50. The summed E-state index contributed by atoms with van der Waals surface area (Å²) in [5.41, 5.74) is 0.706. The average Bonchev–Trinajstić information content (AvgIpc) is 2.42. The summed E-state index contributed by atoms with van der Waals surface area (Å²) >= 11 is 12.8. The van der Waals surface area contributed by atoms with Crippen LogP contribution in [0.15, 0.2) is 22.7 Å². The molecule has 19 heavy (non-hydrogen) atoms. The molecule has 1 saturated heterocycles. The first kappa shape index (κ1) is 15.3. The van der Waals surface area contributed by atoms with Crippen molar-refractivity contribution in [2.45, 2.75) is 31.7 Å². The van der Waals surface area contributed by atoms with Gasteiger partial charge in [0.1, 0.15) is 0 Å². The molecule has 1 heterocycles. The van der Waals surface area contributed by atoms with E-state index >= 15 is 0 Å². The number of carbonyl (C=O) groups excluding carboxylic acids is 1. The Morgan fingerprint density at radius 1 is 1.42 bits per heavy atom. The summed E-state index contributed by atoms with van der Waals surface area (Å²) in [6, 6.07) is 5.73. The van der Waals surface area contributed by atoms with Crippen LogP contribution in [-0.4, -0.2) is 28.7 Å². The summed E-state index contributed by atoms with van der Waals surface area (Å²) < 4.78 is 0.772. The first-order chi connectivity index (χ1) is 9.13. The third kappa shape index (κ3) is 3.73. The lowest BCUT2D eigenvalue weighted by Gasteiger charge is -2.35. The summed E-state index contributed by atoms with van der Waals surface area (Å²) in [6.07, 6.45) is 4.43. The maximum absolute atomic E-state index is 12.6. The first-order valence-corrected chi connectivity index (χ1v) is 8.74. The van der Waals surface area contributed by atoms with Crippen molar-refractivity contribution in [3.05, 3.63) is 33.3 Å². The zero-order valence-corrected chi connectivity index (χ0v) is 14.5. The molecule has 5 heteroatoms. The van der Waals surface area contributed by atoms with Gasteiger partial charge in [0, 0.05) is 28.0 Å². The van der Waals surface area contributed by atoms with E-state index in [4.69, 9.17) is 11.6 Å². The van der Waals surface area contributed by atoms with Gasteiger partial charge in [-0.15, -0.1) is 0 Å². The van der Waals surface area contributed by atoms with E-state index in [0.717, 1.165) is 35.6 Å². The molecular formula is C14H16Br2ClNO. The number of halogens is 3. The summed E-state index contributed by atoms with van der Waals surface area (Å²) in [6.45, 7) is 0.858. The lowest BCUT2D eigenvalue weighted by molar-refractivity contribution is 0.0610. The van der Waals surface area contributed by atoms with E-state index in [2.05, 4.69) is 31.9 Å². The highest BCUT2D eigenvalue weighted by atomic mass is 79.9. The molecule has 1 aromatic rings.